The molecule has 0 aliphatic heterocycles. The number of aryl methyl sites for hydroxylation is 1. The van der Waals surface area contributed by atoms with Crippen LogP contribution in [0.1, 0.15) is 12.0 Å². The average Bonchev–Trinajstić information content (AvgIpc) is 2.14. The zero-order chi connectivity index (χ0) is 11.7. The van der Waals surface area contributed by atoms with Crippen LogP contribution in [0.25, 0.3) is 0 Å². The Morgan fingerprint density at radius 1 is 1.27 bits per heavy atom. The Labute approximate surface area is 89.2 Å². The van der Waals surface area contributed by atoms with Crippen LogP contribution < -0.4 is 23.6 Å². The Bertz CT molecular complexity index is 245. The van der Waals surface area contributed by atoms with Crippen molar-refractivity contribution in [1.82, 2.24) is 0 Å². The van der Waals surface area contributed by atoms with E-state index in [4.69, 9.17) is 23.7 Å². The summed E-state index contributed by atoms with van der Waals surface area (Å²) in [5, 5.41) is 8.52. The molecule has 7 heteroatoms. The maximum absolute atomic E-state index is 8.52. The molecule has 0 fully saturated rings. The second-order valence-corrected chi connectivity index (χ2v) is 3.37. The fraction of sp³-hybridized carbons (Fsp3) is 0.375. The van der Waals surface area contributed by atoms with Crippen molar-refractivity contribution in [3.63, 3.8) is 0 Å². The highest BCUT2D eigenvalue weighted by Gasteiger charge is 1.92. The normalized spacial score (nSPS) is 10.5. The number of nitrogens with one attached hydrogen (secondary N) is 1. The predicted molar refractivity (Wildman–Crippen MR) is 38.4 cm³/mol. The van der Waals surface area contributed by atoms with E-state index in [2.05, 4.69) is 4.98 Å². The van der Waals surface area contributed by atoms with E-state index in [-0.39, 0.29) is 6.61 Å². The van der Waals surface area contributed by atoms with Gasteiger partial charge in [0, 0.05) is 18.2 Å². The zero-order valence-corrected chi connectivity index (χ0v) is 8.64. The van der Waals surface area contributed by atoms with Gasteiger partial charge >= 0.3 is 0 Å². The molecule has 1 heterocycles. The molecule has 1 aromatic heterocycles. The summed E-state index contributed by atoms with van der Waals surface area (Å²) in [6.45, 7) is 0.273. The van der Waals surface area contributed by atoms with Crippen molar-refractivity contribution in [1.29, 1.82) is 0 Å². The summed E-state index contributed by atoms with van der Waals surface area (Å²) in [6, 6.07) is 4.01. The van der Waals surface area contributed by atoms with Gasteiger partial charge in [-0.15, -0.1) is 10.2 Å². The van der Waals surface area contributed by atoms with Gasteiger partial charge in [0.25, 0.3) is 0 Å². The van der Waals surface area contributed by atoms with Crippen LogP contribution in [-0.4, -0.2) is 11.7 Å². The third-order valence-electron chi connectivity index (χ3n) is 1.40. The largest absolute Gasteiger partial charge is 0.396 e. The van der Waals surface area contributed by atoms with E-state index in [1.165, 1.54) is 5.56 Å². The molecular weight excluding hydrogens is 226 g/mol. The summed E-state index contributed by atoms with van der Waals surface area (Å²) >= 11 is 0. The molecular formula is C8H12ClNO5. The summed E-state index contributed by atoms with van der Waals surface area (Å²) in [5.41, 5.74) is 1.25. The van der Waals surface area contributed by atoms with Crippen LogP contribution in [0.5, 0.6) is 0 Å². The third-order valence-corrected chi connectivity index (χ3v) is 1.40. The number of aromatic nitrogens is 1. The van der Waals surface area contributed by atoms with Gasteiger partial charge in [-0.05, 0) is 18.9 Å². The molecule has 0 atom stereocenters. The van der Waals surface area contributed by atoms with Gasteiger partial charge in [0.2, 0.25) is 0 Å². The lowest BCUT2D eigenvalue weighted by atomic mass is 10.2. The number of pyridine rings is 1. The smallest absolute Gasteiger partial charge is 0.170 e. The number of hydrogen-bond donors (Lipinski definition) is 1. The van der Waals surface area contributed by atoms with Gasteiger partial charge in [-0.25, -0.2) is 23.6 Å². The van der Waals surface area contributed by atoms with Crippen molar-refractivity contribution in [3.8, 4) is 0 Å². The minimum atomic E-state index is -4.94. The van der Waals surface area contributed by atoms with E-state index >= 15 is 0 Å². The van der Waals surface area contributed by atoms with Crippen LogP contribution in [0.2, 0.25) is 0 Å². The number of rotatable bonds is 3. The molecule has 2 N–H and O–H groups in total. The van der Waals surface area contributed by atoms with Crippen LogP contribution in [0.3, 0.4) is 0 Å². The first-order chi connectivity index (χ1) is 6.93. The van der Waals surface area contributed by atoms with Crippen molar-refractivity contribution < 1.29 is 39.0 Å². The molecule has 0 aromatic carbocycles. The molecule has 0 amide bonds. The Morgan fingerprint density at radius 3 is 2.27 bits per heavy atom. The van der Waals surface area contributed by atoms with Crippen molar-refractivity contribution in [3.05, 3.63) is 30.1 Å². The van der Waals surface area contributed by atoms with Gasteiger partial charge in [0.15, 0.2) is 12.4 Å². The van der Waals surface area contributed by atoms with Gasteiger partial charge in [-0.3, -0.25) is 0 Å². The van der Waals surface area contributed by atoms with E-state index in [1.54, 1.807) is 0 Å². The summed E-state index contributed by atoms with van der Waals surface area (Å²) in [6.07, 6.45) is 5.63. The highest BCUT2D eigenvalue weighted by atomic mass is 35.7. The number of hydrogen-bond acceptors (Lipinski definition) is 5. The zero-order valence-electron chi connectivity index (χ0n) is 7.89. The van der Waals surface area contributed by atoms with Gasteiger partial charge in [-0.2, -0.15) is 0 Å². The van der Waals surface area contributed by atoms with E-state index in [0.717, 1.165) is 12.8 Å². The maximum Gasteiger partial charge on any atom is 0.170 e. The quantitative estimate of drug-likeness (QED) is 0.569. The molecule has 6 nitrogen and oxygen atoms in total. The molecule has 0 radical (unpaired) electrons. The highest BCUT2D eigenvalue weighted by Crippen LogP contribution is 1.96. The number of halogens is 1. The lowest BCUT2D eigenvalue weighted by Crippen LogP contribution is -2.68. The molecule has 1 rings (SSSR count). The van der Waals surface area contributed by atoms with E-state index in [1.807, 2.05) is 24.5 Å². The molecule has 0 spiro atoms. The first kappa shape index (κ1) is 14.2. The Kier molecular flexibility index (Phi) is 7.14. The predicted octanol–water partition coefficient (Wildman–Crippen LogP) is -4.33. The molecule has 1 aromatic rings. The molecule has 86 valence electrons. The third kappa shape index (κ3) is 13.2. The molecule has 15 heavy (non-hydrogen) atoms. The highest BCUT2D eigenvalue weighted by molar-refractivity contribution is 5.04. The van der Waals surface area contributed by atoms with E-state index < -0.39 is 10.2 Å². The molecule has 0 saturated carbocycles. The molecule has 0 aliphatic rings. The second-order valence-electron chi connectivity index (χ2n) is 2.62. The molecule has 0 saturated heterocycles. The summed E-state index contributed by atoms with van der Waals surface area (Å²) in [5.74, 6) is 0. The number of aromatic amines is 1. The maximum atomic E-state index is 8.52. The SMILES string of the molecule is OCCCc1ccc[nH+]c1.[O-][Cl+3]([O-])([O-])[O-]. The van der Waals surface area contributed by atoms with Crippen molar-refractivity contribution in [2.75, 3.05) is 6.61 Å². The fourth-order valence-corrected chi connectivity index (χ4v) is 0.869. The van der Waals surface area contributed by atoms with Crippen molar-refractivity contribution in [2.45, 2.75) is 12.8 Å². The minimum absolute atomic E-state index is 0.273. The minimum Gasteiger partial charge on any atom is -0.396 e. The second kappa shape index (κ2) is 7.52. The summed E-state index contributed by atoms with van der Waals surface area (Å²) in [4.78, 5) is 2.99. The van der Waals surface area contributed by atoms with E-state index in [0.29, 0.717) is 0 Å². The topological polar surface area (TPSA) is 127 Å². The Hall–Kier alpha value is -0.760. The van der Waals surface area contributed by atoms with Gasteiger partial charge < -0.3 is 5.11 Å². The molecule has 0 aliphatic carbocycles. The van der Waals surface area contributed by atoms with Crippen molar-refractivity contribution >= 4 is 0 Å². The van der Waals surface area contributed by atoms with Gasteiger partial charge in [-0.1, -0.05) is 0 Å². The Morgan fingerprint density at radius 2 is 1.87 bits per heavy atom. The number of H-pyrrole nitrogens is 1. The Balaban J connectivity index is 0.000000336. The van der Waals surface area contributed by atoms with Gasteiger partial charge in [0.05, 0.1) is 0 Å². The van der Waals surface area contributed by atoms with Crippen LogP contribution in [0.15, 0.2) is 24.5 Å². The molecule has 0 bridgehead atoms. The first-order valence-corrected chi connectivity index (χ1v) is 5.34. The van der Waals surface area contributed by atoms with Crippen LogP contribution >= 0.6 is 0 Å². The number of aliphatic hydroxyl groups excluding tert-OH is 1. The summed E-state index contributed by atoms with van der Waals surface area (Å²) in [7, 11) is -4.94. The van der Waals surface area contributed by atoms with Crippen LogP contribution in [0.4, 0.5) is 0 Å². The van der Waals surface area contributed by atoms with Crippen molar-refractivity contribution in [2.24, 2.45) is 0 Å². The molecule has 0 unspecified atom stereocenters. The van der Waals surface area contributed by atoms with Gasteiger partial charge in [0.1, 0.15) is 0 Å². The van der Waals surface area contributed by atoms with E-state index in [9.17, 15) is 0 Å². The lowest BCUT2D eigenvalue weighted by Gasteiger charge is -2.17. The number of aliphatic hydroxyl groups is 1. The average molecular weight is 238 g/mol. The van der Waals surface area contributed by atoms with Crippen LogP contribution in [-0.2, 0) is 6.42 Å². The lowest BCUT2D eigenvalue weighted by molar-refractivity contribution is -2.00. The van der Waals surface area contributed by atoms with Crippen LogP contribution in [0, 0.1) is 10.2 Å². The monoisotopic (exact) mass is 237 g/mol. The first-order valence-electron chi connectivity index (χ1n) is 4.11. The standard InChI is InChI=1S/C8H11NO.ClHO4/c10-6-2-4-8-3-1-5-9-7-8;2-1(3,4)5/h1,3,5,7,10H,2,4,6H2;(H,2,3,4,5). The fourth-order valence-electron chi connectivity index (χ4n) is 0.869. The summed E-state index contributed by atoms with van der Waals surface area (Å²) < 4.78 is 34.0.